The molecule has 1 amide bonds. The van der Waals surface area contributed by atoms with Gasteiger partial charge in [-0.15, -0.1) is 0 Å². The molecule has 5 nitrogen and oxygen atoms in total. The van der Waals surface area contributed by atoms with Crippen molar-refractivity contribution in [2.75, 3.05) is 32.7 Å². The maximum Gasteiger partial charge on any atom is 0.272 e. The van der Waals surface area contributed by atoms with Crippen molar-refractivity contribution < 1.29 is 9.53 Å². The van der Waals surface area contributed by atoms with E-state index in [9.17, 15) is 4.79 Å². The predicted molar refractivity (Wildman–Crippen MR) is 109 cm³/mol. The summed E-state index contributed by atoms with van der Waals surface area (Å²) in [6.45, 7) is 6.48. The van der Waals surface area contributed by atoms with Gasteiger partial charge in [-0.3, -0.25) is 9.78 Å². The summed E-state index contributed by atoms with van der Waals surface area (Å²) < 4.78 is 6.40. The molecule has 1 aromatic carbocycles. The van der Waals surface area contributed by atoms with Crippen molar-refractivity contribution in [3.05, 3.63) is 66.0 Å². The number of rotatable bonds is 4. The van der Waals surface area contributed by atoms with Crippen molar-refractivity contribution in [1.82, 2.24) is 14.8 Å². The normalized spacial score (nSPS) is 22.3. The van der Waals surface area contributed by atoms with E-state index in [0.29, 0.717) is 18.8 Å². The minimum atomic E-state index is -0.217. The molecule has 148 valence electrons. The van der Waals surface area contributed by atoms with Crippen molar-refractivity contribution in [3.63, 3.8) is 0 Å². The molecule has 2 aliphatic heterocycles. The minimum Gasteiger partial charge on any atom is -0.368 e. The molecule has 1 atom stereocenters. The summed E-state index contributed by atoms with van der Waals surface area (Å²) in [5.74, 6) is 0.0154. The maximum absolute atomic E-state index is 12.9. The summed E-state index contributed by atoms with van der Waals surface area (Å²) in [6.07, 6.45) is 4.75. The molecule has 0 radical (unpaired) electrons. The standard InChI is InChI=1S/C23H29N3O2/c1-19-17-26(22(27)21-9-5-6-13-24-21)18-23(28-19)11-15-25(16-12-23)14-10-20-7-3-2-4-8-20/h2-9,13,19H,10-12,14-18H2,1H3/t19-/m0/s1. The molecule has 1 spiro atoms. The van der Waals surface area contributed by atoms with E-state index in [1.807, 2.05) is 17.0 Å². The van der Waals surface area contributed by atoms with Gasteiger partial charge in [-0.2, -0.15) is 0 Å². The van der Waals surface area contributed by atoms with Gasteiger partial charge in [0.1, 0.15) is 5.69 Å². The van der Waals surface area contributed by atoms with E-state index >= 15 is 0 Å². The van der Waals surface area contributed by atoms with Crippen molar-refractivity contribution >= 4 is 5.91 Å². The molecule has 0 aliphatic carbocycles. The third kappa shape index (κ3) is 4.42. The fraction of sp³-hybridized carbons (Fsp3) is 0.478. The van der Waals surface area contributed by atoms with Gasteiger partial charge in [0.05, 0.1) is 18.2 Å². The molecule has 0 bridgehead atoms. The zero-order chi connectivity index (χ0) is 19.4. The Bertz CT molecular complexity index is 773. The Morgan fingerprint density at radius 1 is 1.14 bits per heavy atom. The summed E-state index contributed by atoms with van der Waals surface area (Å²) in [6, 6.07) is 16.2. The van der Waals surface area contributed by atoms with Crippen molar-refractivity contribution in [2.45, 2.75) is 37.9 Å². The zero-order valence-electron chi connectivity index (χ0n) is 16.6. The Kier molecular flexibility index (Phi) is 5.74. The first kappa shape index (κ1) is 19.1. The highest BCUT2D eigenvalue weighted by atomic mass is 16.5. The van der Waals surface area contributed by atoms with Crippen molar-refractivity contribution in [2.24, 2.45) is 0 Å². The summed E-state index contributed by atoms with van der Waals surface area (Å²) in [5, 5.41) is 0. The number of hydrogen-bond acceptors (Lipinski definition) is 4. The topological polar surface area (TPSA) is 45.7 Å². The van der Waals surface area contributed by atoms with Crippen LogP contribution < -0.4 is 0 Å². The lowest BCUT2D eigenvalue weighted by atomic mass is 9.88. The number of benzene rings is 1. The summed E-state index contributed by atoms with van der Waals surface area (Å²) in [5.41, 5.74) is 1.69. The van der Waals surface area contributed by atoms with E-state index in [1.54, 1.807) is 12.3 Å². The monoisotopic (exact) mass is 379 g/mol. The fourth-order valence-electron chi connectivity index (χ4n) is 4.42. The smallest absolute Gasteiger partial charge is 0.272 e. The third-order valence-corrected chi connectivity index (χ3v) is 5.91. The number of carbonyl (C=O) groups excluding carboxylic acids is 1. The summed E-state index contributed by atoms with van der Waals surface area (Å²) in [7, 11) is 0. The van der Waals surface area contributed by atoms with E-state index in [4.69, 9.17) is 4.74 Å². The molecule has 2 aromatic rings. The fourth-order valence-corrected chi connectivity index (χ4v) is 4.42. The minimum absolute atomic E-state index is 0.0154. The second-order valence-corrected chi connectivity index (χ2v) is 8.09. The molecule has 2 aliphatic rings. The van der Waals surface area contributed by atoms with Crippen LogP contribution in [0.3, 0.4) is 0 Å². The van der Waals surface area contributed by atoms with Crippen LogP contribution >= 0.6 is 0 Å². The van der Waals surface area contributed by atoms with Gasteiger partial charge >= 0.3 is 0 Å². The molecular weight excluding hydrogens is 350 g/mol. The van der Waals surface area contributed by atoms with Gasteiger partial charge in [0.2, 0.25) is 0 Å². The van der Waals surface area contributed by atoms with Gasteiger partial charge in [0.25, 0.3) is 5.91 Å². The van der Waals surface area contributed by atoms with Crippen LogP contribution in [0.5, 0.6) is 0 Å². The number of piperidine rings is 1. The van der Waals surface area contributed by atoms with Crippen LogP contribution in [0.2, 0.25) is 0 Å². The first-order chi connectivity index (χ1) is 13.6. The lowest BCUT2D eigenvalue weighted by molar-refractivity contribution is -0.161. The quantitative estimate of drug-likeness (QED) is 0.819. The van der Waals surface area contributed by atoms with E-state index in [1.165, 1.54) is 5.56 Å². The Hall–Kier alpha value is -2.24. The highest BCUT2D eigenvalue weighted by Gasteiger charge is 2.43. The van der Waals surface area contributed by atoms with Gasteiger partial charge in [0, 0.05) is 32.4 Å². The van der Waals surface area contributed by atoms with Crippen LogP contribution in [0.4, 0.5) is 0 Å². The van der Waals surface area contributed by atoms with Crippen molar-refractivity contribution in [1.29, 1.82) is 0 Å². The second kappa shape index (κ2) is 8.41. The highest BCUT2D eigenvalue weighted by Crippen LogP contribution is 2.33. The number of pyridine rings is 1. The van der Waals surface area contributed by atoms with Crippen LogP contribution in [0.15, 0.2) is 54.7 Å². The molecule has 28 heavy (non-hydrogen) atoms. The Balaban J connectivity index is 1.35. The number of nitrogens with zero attached hydrogens (tertiary/aromatic N) is 3. The predicted octanol–water partition coefficient (Wildman–Crippen LogP) is 3.02. The molecule has 0 N–H and O–H groups in total. The van der Waals surface area contributed by atoms with Crippen LogP contribution in [0.25, 0.3) is 0 Å². The van der Waals surface area contributed by atoms with Gasteiger partial charge < -0.3 is 14.5 Å². The van der Waals surface area contributed by atoms with Crippen molar-refractivity contribution in [3.8, 4) is 0 Å². The van der Waals surface area contributed by atoms with E-state index in [0.717, 1.165) is 38.9 Å². The van der Waals surface area contributed by atoms with Gasteiger partial charge in [0.15, 0.2) is 0 Å². The number of morpholine rings is 1. The molecular formula is C23H29N3O2. The van der Waals surface area contributed by atoms with Crippen LogP contribution in [0.1, 0.15) is 35.8 Å². The molecule has 2 fully saturated rings. The lowest BCUT2D eigenvalue weighted by Crippen LogP contribution is -2.60. The summed E-state index contributed by atoms with van der Waals surface area (Å²) in [4.78, 5) is 21.6. The maximum atomic E-state index is 12.9. The van der Waals surface area contributed by atoms with Gasteiger partial charge in [-0.1, -0.05) is 36.4 Å². The Morgan fingerprint density at radius 3 is 2.61 bits per heavy atom. The number of carbonyl (C=O) groups is 1. The molecule has 2 saturated heterocycles. The van der Waals surface area contributed by atoms with Gasteiger partial charge in [-0.05, 0) is 43.9 Å². The number of aromatic nitrogens is 1. The van der Waals surface area contributed by atoms with E-state index in [-0.39, 0.29) is 17.6 Å². The molecule has 1 aromatic heterocycles. The molecule has 3 heterocycles. The highest BCUT2D eigenvalue weighted by molar-refractivity contribution is 5.92. The molecule has 0 unspecified atom stereocenters. The zero-order valence-corrected chi connectivity index (χ0v) is 16.6. The molecule has 0 saturated carbocycles. The van der Waals surface area contributed by atoms with Gasteiger partial charge in [-0.25, -0.2) is 0 Å². The van der Waals surface area contributed by atoms with Crippen LogP contribution in [-0.4, -0.2) is 65.1 Å². The average molecular weight is 380 g/mol. The van der Waals surface area contributed by atoms with E-state index in [2.05, 4.69) is 47.1 Å². The first-order valence-electron chi connectivity index (χ1n) is 10.3. The first-order valence-corrected chi connectivity index (χ1v) is 10.3. The SMILES string of the molecule is C[C@H]1CN(C(=O)c2ccccn2)CC2(CCN(CCc3ccccc3)CC2)O1. The molecule has 4 rings (SSSR count). The molecule has 5 heteroatoms. The largest absolute Gasteiger partial charge is 0.368 e. The number of hydrogen-bond donors (Lipinski definition) is 0. The van der Waals surface area contributed by atoms with Crippen LogP contribution in [-0.2, 0) is 11.2 Å². The second-order valence-electron chi connectivity index (χ2n) is 8.09. The average Bonchev–Trinajstić information content (AvgIpc) is 2.74. The Morgan fingerprint density at radius 2 is 1.89 bits per heavy atom. The number of ether oxygens (including phenoxy) is 1. The Labute approximate surface area is 167 Å². The number of amides is 1. The summed E-state index contributed by atoms with van der Waals surface area (Å²) >= 11 is 0. The number of likely N-dealkylation sites (tertiary alicyclic amines) is 1. The van der Waals surface area contributed by atoms with Crippen LogP contribution in [0, 0.1) is 0 Å². The lowest BCUT2D eigenvalue weighted by Gasteiger charge is -2.49. The third-order valence-electron chi connectivity index (χ3n) is 5.91. The van der Waals surface area contributed by atoms with E-state index < -0.39 is 0 Å².